The van der Waals surface area contributed by atoms with E-state index in [0.29, 0.717) is 44.6 Å². The number of carboxylic acid groups (broad SMARTS) is 1. The number of oxazole rings is 1. The van der Waals surface area contributed by atoms with E-state index in [1.165, 1.54) is 12.1 Å². The van der Waals surface area contributed by atoms with Crippen LogP contribution in [0.1, 0.15) is 54.8 Å². The molecule has 1 aliphatic carbocycles. The monoisotopic (exact) mass is 584 g/mol. The lowest BCUT2D eigenvalue weighted by Gasteiger charge is -2.39. The number of amides is 2. The Morgan fingerprint density at radius 3 is 2.17 bits per heavy atom. The van der Waals surface area contributed by atoms with Gasteiger partial charge in [-0.1, -0.05) is 37.5 Å². The van der Waals surface area contributed by atoms with Crippen LogP contribution in [0.4, 0.5) is 24.5 Å². The summed E-state index contributed by atoms with van der Waals surface area (Å²) >= 11 is 0. The van der Waals surface area contributed by atoms with E-state index in [-0.39, 0.29) is 23.9 Å². The molecule has 3 aromatic rings. The molecule has 2 aliphatic rings. The molecular formula is C30H31F3N4O5. The number of hydrogen-bond donors (Lipinski definition) is 2. The molecule has 2 aromatic carbocycles. The maximum Gasteiger partial charge on any atom is 0.452 e. The van der Waals surface area contributed by atoms with E-state index >= 15 is 0 Å². The number of aromatic nitrogens is 1. The normalized spacial score (nSPS) is 17.1. The molecule has 0 spiro atoms. The minimum Gasteiger partial charge on any atom is -0.481 e. The number of nitrogens with zero attached hydrogens (tertiary/aromatic N) is 3. The molecule has 1 aromatic heterocycles. The van der Waals surface area contributed by atoms with E-state index in [4.69, 9.17) is 4.42 Å². The van der Waals surface area contributed by atoms with Gasteiger partial charge in [-0.2, -0.15) is 13.2 Å². The highest BCUT2D eigenvalue weighted by atomic mass is 19.4. The maximum absolute atomic E-state index is 13.6. The van der Waals surface area contributed by atoms with E-state index in [0.717, 1.165) is 24.9 Å². The van der Waals surface area contributed by atoms with E-state index in [1.54, 1.807) is 47.4 Å². The number of aliphatic carboxylic acids is 1. The van der Waals surface area contributed by atoms with Crippen LogP contribution in [-0.4, -0.2) is 59.0 Å². The molecule has 1 aliphatic heterocycles. The minimum absolute atomic E-state index is 0.0190. The van der Waals surface area contributed by atoms with Crippen molar-refractivity contribution in [2.45, 2.75) is 44.7 Å². The lowest BCUT2D eigenvalue weighted by atomic mass is 9.71. The van der Waals surface area contributed by atoms with E-state index in [2.05, 4.69) is 15.2 Å². The van der Waals surface area contributed by atoms with E-state index in [1.807, 2.05) is 0 Å². The van der Waals surface area contributed by atoms with Gasteiger partial charge in [-0.3, -0.25) is 14.4 Å². The first-order chi connectivity index (χ1) is 20.1. The molecule has 9 nitrogen and oxygen atoms in total. The zero-order valence-corrected chi connectivity index (χ0v) is 22.8. The van der Waals surface area contributed by atoms with Crippen molar-refractivity contribution in [3.8, 4) is 11.5 Å². The molecule has 2 heterocycles. The molecule has 1 saturated carbocycles. The Hall–Kier alpha value is -4.35. The Kier molecular flexibility index (Phi) is 8.24. The van der Waals surface area contributed by atoms with Crippen LogP contribution in [0.25, 0.3) is 11.5 Å². The van der Waals surface area contributed by atoms with Gasteiger partial charge in [-0.05, 0) is 49.2 Å². The first kappa shape index (κ1) is 29.2. The maximum atomic E-state index is 13.6. The van der Waals surface area contributed by atoms with Crippen molar-refractivity contribution in [1.82, 2.24) is 9.88 Å². The van der Waals surface area contributed by atoms with Gasteiger partial charge in [-0.15, -0.1) is 0 Å². The van der Waals surface area contributed by atoms with Gasteiger partial charge in [0, 0.05) is 49.5 Å². The van der Waals surface area contributed by atoms with Gasteiger partial charge in [0.1, 0.15) is 0 Å². The minimum atomic E-state index is -4.91. The van der Waals surface area contributed by atoms with E-state index in [9.17, 15) is 32.7 Å². The predicted octanol–water partition coefficient (Wildman–Crippen LogP) is 5.69. The molecule has 2 amide bonds. The molecule has 12 heteroatoms. The number of halogens is 3. The fourth-order valence-corrected chi connectivity index (χ4v) is 5.63. The van der Waals surface area contributed by atoms with Crippen LogP contribution >= 0.6 is 0 Å². The Morgan fingerprint density at radius 1 is 0.929 bits per heavy atom. The van der Waals surface area contributed by atoms with Crippen LogP contribution in [0.5, 0.6) is 0 Å². The lowest BCUT2D eigenvalue weighted by molar-refractivity contribution is -0.156. The number of carbonyl (C=O) groups is 3. The number of rotatable bonds is 7. The Morgan fingerprint density at radius 2 is 1.57 bits per heavy atom. The Labute approximate surface area is 240 Å². The molecule has 0 atom stereocenters. The van der Waals surface area contributed by atoms with Crippen molar-refractivity contribution in [2.75, 3.05) is 36.4 Å². The largest absolute Gasteiger partial charge is 0.481 e. The highest BCUT2D eigenvalue weighted by Gasteiger charge is 2.43. The average Bonchev–Trinajstić information content (AvgIpc) is 3.46. The number of benzene rings is 2. The van der Waals surface area contributed by atoms with Crippen molar-refractivity contribution < 1.29 is 37.1 Å². The quantitative estimate of drug-likeness (QED) is 0.367. The fourth-order valence-electron chi connectivity index (χ4n) is 5.63. The second kappa shape index (κ2) is 11.9. The second-order valence-corrected chi connectivity index (χ2v) is 10.8. The predicted molar refractivity (Wildman–Crippen MR) is 148 cm³/mol. The highest BCUT2D eigenvalue weighted by Crippen LogP contribution is 2.40. The van der Waals surface area contributed by atoms with Crippen LogP contribution in [0, 0.1) is 5.41 Å². The van der Waals surface area contributed by atoms with Crippen molar-refractivity contribution >= 4 is 29.2 Å². The summed E-state index contributed by atoms with van der Waals surface area (Å²) in [6.45, 7) is 1.97. The number of hydrogen-bond acceptors (Lipinski definition) is 6. The van der Waals surface area contributed by atoms with Gasteiger partial charge in [0.2, 0.25) is 17.6 Å². The van der Waals surface area contributed by atoms with Gasteiger partial charge >= 0.3 is 12.1 Å². The van der Waals surface area contributed by atoms with Crippen LogP contribution < -0.4 is 10.2 Å². The van der Waals surface area contributed by atoms with Crippen LogP contribution in [0.3, 0.4) is 0 Å². The molecule has 5 rings (SSSR count). The summed E-state index contributed by atoms with van der Waals surface area (Å²) in [5.41, 5.74) is -0.421. The molecule has 1 saturated heterocycles. The molecule has 0 bridgehead atoms. The fraction of sp³-hybridized carbons (Fsp3) is 0.400. The van der Waals surface area contributed by atoms with Crippen LogP contribution in [0.15, 0.2) is 59.0 Å². The van der Waals surface area contributed by atoms with Gasteiger partial charge in [-0.25, -0.2) is 4.98 Å². The SMILES string of the molecule is O=C(Nc1ccc(N2CCN(C(=O)CC3(C(=O)O)CCCCC3)CC2)cc1)c1nc(-c2ccccc2)oc1C(F)(F)F. The number of carbonyl (C=O) groups excluding carboxylic acids is 2. The van der Waals surface area contributed by atoms with Crippen molar-refractivity contribution in [3.63, 3.8) is 0 Å². The summed E-state index contributed by atoms with van der Waals surface area (Å²) in [5.74, 6) is -3.86. The molecule has 222 valence electrons. The number of anilines is 2. The summed E-state index contributed by atoms with van der Waals surface area (Å²) in [5, 5.41) is 12.3. The lowest BCUT2D eigenvalue weighted by Crippen LogP contribution is -2.50. The van der Waals surface area contributed by atoms with Crippen molar-refractivity contribution in [2.24, 2.45) is 5.41 Å². The number of piperazine rings is 1. The van der Waals surface area contributed by atoms with Crippen LogP contribution in [0.2, 0.25) is 0 Å². The summed E-state index contributed by atoms with van der Waals surface area (Å²) in [4.78, 5) is 45.3. The topological polar surface area (TPSA) is 116 Å². The number of alkyl halides is 3. The summed E-state index contributed by atoms with van der Waals surface area (Å²) in [6, 6.07) is 14.6. The molecule has 0 radical (unpaired) electrons. The van der Waals surface area contributed by atoms with Gasteiger partial charge in [0.15, 0.2) is 5.69 Å². The third-order valence-electron chi connectivity index (χ3n) is 8.00. The summed E-state index contributed by atoms with van der Waals surface area (Å²) in [6.07, 6.45) is -1.20. The molecular weight excluding hydrogens is 553 g/mol. The number of nitrogens with one attached hydrogen (secondary N) is 1. The molecule has 42 heavy (non-hydrogen) atoms. The second-order valence-electron chi connectivity index (χ2n) is 10.8. The van der Waals surface area contributed by atoms with Crippen molar-refractivity contribution in [3.05, 3.63) is 66.1 Å². The highest BCUT2D eigenvalue weighted by molar-refractivity contribution is 6.04. The molecule has 0 unspecified atom stereocenters. The Balaban J connectivity index is 1.20. The smallest absolute Gasteiger partial charge is 0.452 e. The standard InChI is InChI=1S/C30H31F3N4O5/c31-30(32,33)25-24(35-27(42-25)20-7-3-1-4-8-20)26(39)34-21-9-11-22(12-10-21)36-15-17-37(18-16-36)23(38)19-29(28(40)41)13-5-2-6-14-29/h1,3-4,7-12H,2,5-6,13-19H2,(H,34,39)(H,40,41). The van der Waals surface area contributed by atoms with Gasteiger partial charge in [0.25, 0.3) is 5.91 Å². The van der Waals surface area contributed by atoms with Gasteiger partial charge in [0.05, 0.1) is 5.41 Å². The molecule has 2 fully saturated rings. The molecule has 2 N–H and O–H groups in total. The first-order valence-corrected chi connectivity index (χ1v) is 13.9. The zero-order valence-electron chi connectivity index (χ0n) is 22.8. The first-order valence-electron chi connectivity index (χ1n) is 13.9. The summed E-state index contributed by atoms with van der Waals surface area (Å²) in [7, 11) is 0. The summed E-state index contributed by atoms with van der Waals surface area (Å²) < 4.78 is 45.8. The van der Waals surface area contributed by atoms with E-state index < -0.39 is 34.9 Å². The average molecular weight is 585 g/mol. The van der Waals surface area contributed by atoms with Gasteiger partial charge < -0.3 is 24.6 Å². The van der Waals surface area contributed by atoms with Crippen molar-refractivity contribution in [1.29, 1.82) is 0 Å². The van der Waals surface area contributed by atoms with Crippen LogP contribution in [-0.2, 0) is 15.8 Å². The number of carboxylic acids is 1. The Bertz CT molecular complexity index is 1430. The third-order valence-corrected chi connectivity index (χ3v) is 8.00. The third kappa shape index (κ3) is 6.27. The zero-order chi connectivity index (χ0) is 29.9.